The normalized spacial score (nSPS) is 10.0. The molecule has 0 atom stereocenters. The lowest BCUT2D eigenvalue weighted by molar-refractivity contribution is -0.122. The van der Waals surface area contributed by atoms with Crippen LogP contribution < -0.4 is 10.6 Å². The first-order valence-electron chi connectivity index (χ1n) is 8.58. The number of aromatic nitrogens is 3. The molecule has 0 fully saturated rings. The van der Waals surface area contributed by atoms with Gasteiger partial charge in [0.15, 0.2) is 0 Å². The molecule has 138 valence electrons. The summed E-state index contributed by atoms with van der Waals surface area (Å²) in [5.41, 5.74) is 0.833. The van der Waals surface area contributed by atoms with Crippen LogP contribution in [0.2, 0.25) is 0 Å². The monoisotopic (exact) mass is 365 g/mol. The minimum atomic E-state index is 0.0287. The third-order valence-corrected chi connectivity index (χ3v) is 3.82. The topological polar surface area (TPSA) is 88.9 Å². The Morgan fingerprint density at radius 2 is 1.92 bits per heavy atom. The van der Waals surface area contributed by atoms with Crippen molar-refractivity contribution in [3.05, 3.63) is 11.9 Å². The van der Waals surface area contributed by atoms with Crippen LogP contribution in [0.25, 0.3) is 0 Å². The summed E-state index contributed by atoms with van der Waals surface area (Å²) in [6.07, 6.45) is 6.15. The van der Waals surface area contributed by atoms with E-state index in [1.54, 1.807) is 11.6 Å². The summed E-state index contributed by atoms with van der Waals surface area (Å²) >= 11 is 4.13. The Morgan fingerprint density at radius 1 is 1.16 bits per heavy atom. The van der Waals surface area contributed by atoms with Gasteiger partial charge < -0.3 is 10.6 Å². The molecular weight excluding hydrogens is 338 g/mol. The number of rotatable bonds is 12. The van der Waals surface area contributed by atoms with E-state index in [2.05, 4.69) is 45.4 Å². The smallest absolute Gasteiger partial charge is 0.220 e. The highest BCUT2D eigenvalue weighted by Gasteiger charge is 2.03. The number of nitrogens with one attached hydrogen (secondary N) is 2. The third-order valence-electron chi connectivity index (χ3n) is 3.49. The van der Waals surface area contributed by atoms with Crippen molar-refractivity contribution < 1.29 is 9.59 Å². The highest BCUT2D eigenvalue weighted by atomic mass is 32.1. The lowest BCUT2D eigenvalue weighted by Crippen LogP contribution is -2.25. The van der Waals surface area contributed by atoms with Gasteiger partial charge in [-0.15, -0.1) is 11.0 Å². The molecule has 25 heavy (non-hydrogen) atoms. The lowest BCUT2D eigenvalue weighted by Gasteiger charge is -2.05. The molecule has 1 rings (SSSR count). The largest absolute Gasteiger partial charge is 0.356 e. The standard InChI is InChI=1S/C17H27N5O2S/c1-2-3-10-18-16(23)8-5-4-6-11-19-17(24)9-7-12-22-13-15(14-25)20-21-22/h13,25H,4-12,14H2,1H3,(H,18,23)(H,19,24). The second-order valence-electron chi connectivity index (χ2n) is 5.60. The van der Waals surface area contributed by atoms with Crippen molar-refractivity contribution in [2.24, 2.45) is 0 Å². The van der Waals surface area contributed by atoms with Gasteiger partial charge in [-0.3, -0.25) is 14.3 Å². The van der Waals surface area contributed by atoms with Gasteiger partial charge >= 0.3 is 0 Å². The van der Waals surface area contributed by atoms with Gasteiger partial charge in [-0.1, -0.05) is 17.6 Å². The van der Waals surface area contributed by atoms with E-state index in [0.717, 1.165) is 31.4 Å². The quantitative estimate of drug-likeness (QED) is 0.296. The van der Waals surface area contributed by atoms with Crippen LogP contribution in [0.5, 0.6) is 0 Å². The van der Waals surface area contributed by atoms with Gasteiger partial charge in [0.25, 0.3) is 0 Å². The average molecular weight is 366 g/mol. The molecule has 0 saturated heterocycles. The van der Waals surface area contributed by atoms with Gasteiger partial charge in [0, 0.05) is 37.9 Å². The van der Waals surface area contributed by atoms with Crippen LogP contribution in [-0.4, -0.2) is 39.9 Å². The Balaban J connectivity index is 1.96. The van der Waals surface area contributed by atoms with Crippen molar-refractivity contribution in [1.29, 1.82) is 0 Å². The minimum absolute atomic E-state index is 0.0287. The van der Waals surface area contributed by atoms with E-state index in [4.69, 9.17) is 0 Å². The number of hydrogen-bond acceptors (Lipinski definition) is 5. The van der Waals surface area contributed by atoms with Crippen molar-refractivity contribution in [1.82, 2.24) is 25.6 Å². The summed E-state index contributed by atoms with van der Waals surface area (Å²) in [6, 6.07) is 0. The molecule has 1 aromatic rings. The minimum Gasteiger partial charge on any atom is -0.356 e. The summed E-state index contributed by atoms with van der Waals surface area (Å²) in [5.74, 6) is 6.16. The highest BCUT2D eigenvalue weighted by Crippen LogP contribution is 2.01. The molecule has 2 N–H and O–H groups in total. The van der Waals surface area contributed by atoms with Crippen molar-refractivity contribution in [2.45, 2.75) is 57.7 Å². The number of carbonyl (C=O) groups excluding carboxylic acids is 2. The van der Waals surface area contributed by atoms with E-state index in [9.17, 15) is 9.59 Å². The van der Waals surface area contributed by atoms with Gasteiger partial charge in [0.2, 0.25) is 11.8 Å². The fraction of sp³-hybridized carbons (Fsp3) is 0.647. The third kappa shape index (κ3) is 10.5. The Kier molecular flexibility index (Phi) is 11.2. The number of aryl methyl sites for hydroxylation is 1. The van der Waals surface area contributed by atoms with Crippen LogP contribution in [0.4, 0.5) is 0 Å². The number of hydrogen-bond donors (Lipinski definition) is 3. The molecule has 0 bridgehead atoms. The number of amides is 2. The van der Waals surface area contributed by atoms with E-state index < -0.39 is 0 Å². The number of unbranched alkanes of at least 4 members (excludes halogenated alkanes) is 2. The van der Waals surface area contributed by atoms with Crippen molar-refractivity contribution >= 4 is 24.4 Å². The lowest BCUT2D eigenvalue weighted by atomic mass is 10.2. The van der Waals surface area contributed by atoms with Crippen LogP contribution in [0.15, 0.2) is 6.20 Å². The summed E-state index contributed by atoms with van der Waals surface area (Å²) in [7, 11) is 0. The van der Waals surface area contributed by atoms with Gasteiger partial charge in [-0.25, -0.2) is 0 Å². The Hall–Kier alpha value is -2.01. The molecule has 0 aliphatic rings. The maximum atomic E-state index is 11.7. The average Bonchev–Trinajstić information content (AvgIpc) is 3.06. The van der Waals surface area contributed by atoms with E-state index in [1.165, 1.54) is 0 Å². The molecule has 0 unspecified atom stereocenters. The molecule has 8 heteroatoms. The predicted octanol–water partition coefficient (Wildman–Crippen LogP) is 1.30. The zero-order valence-corrected chi connectivity index (χ0v) is 15.6. The molecule has 1 aromatic heterocycles. The summed E-state index contributed by atoms with van der Waals surface area (Å²) in [5, 5.41) is 13.5. The summed E-state index contributed by atoms with van der Waals surface area (Å²) in [6.45, 7) is 3.48. The fourth-order valence-corrected chi connectivity index (χ4v) is 2.29. The maximum absolute atomic E-state index is 11.7. The molecule has 0 aromatic carbocycles. The molecular formula is C17H27N5O2S. The van der Waals surface area contributed by atoms with Crippen LogP contribution in [-0.2, 0) is 21.9 Å². The molecule has 0 radical (unpaired) electrons. The van der Waals surface area contributed by atoms with Crippen LogP contribution in [0, 0.1) is 11.8 Å². The number of nitrogens with zero attached hydrogens (tertiary/aromatic N) is 3. The van der Waals surface area contributed by atoms with E-state index in [1.807, 2.05) is 6.20 Å². The Morgan fingerprint density at radius 3 is 2.64 bits per heavy atom. The molecule has 7 nitrogen and oxygen atoms in total. The van der Waals surface area contributed by atoms with Crippen molar-refractivity contribution in [3.63, 3.8) is 0 Å². The zero-order valence-electron chi connectivity index (χ0n) is 14.8. The Labute approximate surface area is 154 Å². The molecule has 0 aliphatic carbocycles. The van der Waals surface area contributed by atoms with Crippen LogP contribution >= 0.6 is 12.6 Å². The molecule has 0 aliphatic heterocycles. The van der Waals surface area contributed by atoms with E-state index in [-0.39, 0.29) is 11.8 Å². The highest BCUT2D eigenvalue weighted by molar-refractivity contribution is 7.79. The van der Waals surface area contributed by atoms with Gasteiger partial charge in [-0.2, -0.15) is 12.6 Å². The van der Waals surface area contributed by atoms with Crippen LogP contribution in [0.3, 0.4) is 0 Å². The molecule has 2 amide bonds. The first-order valence-corrected chi connectivity index (χ1v) is 9.21. The zero-order chi connectivity index (χ0) is 18.3. The first-order chi connectivity index (χ1) is 12.2. The van der Waals surface area contributed by atoms with Gasteiger partial charge in [0.05, 0.1) is 12.2 Å². The first kappa shape index (κ1) is 21.0. The molecule has 1 heterocycles. The van der Waals surface area contributed by atoms with E-state index in [0.29, 0.717) is 38.2 Å². The van der Waals surface area contributed by atoms with Crippen molar-refractivity contribution in [2.75, 3.05) is 13.1 Å². The molecule has 0 saturated carbocycles. The fourth-order valence-electron chi connectivity index (χ4n) is 2.14. The molecule has 0 spiro atoms. The summed E-state index contributed by atoms with van der Waals surface area (Å²) in [4.78, 5) is 23.2. The second kappa shape index (κ2) is 13.3. The number of thiol groups is 1. The van der Waals surface area contributed by atoms with Crippen LogP contribution in [0.1, 0.15) is 51.1 Å². The summed E-state index contributed by atoms with van der Waals surface area (Å²) < 4.78 is 1.73. The number of carbonyl (C=O) groups is 2. The van der Waals surface area contributed by atoms with E-state index >= 15 is 0 Å². The van der Waals surface area contributed by atoms with Gasteiger partial charge in [0.1, 0.15) is 0 Å². The second-order valence-corrected chi connectivity index (χ2v) is 5.91. The SMILES string of the molecule is CC#CCNC(=O)CCCCCNC(=O)CCCn1cc(CS)nn1. The maximum Gasteiger partial charge on any atom is 0.220 e. The Bertz CT molecular complexity index is 591. The van der Waals surface area contributed by atoms with Crippen molar-refractivity contribution in [3.8, 4) is 11.8 Å². The predicted molar refractivity (Wildman–Crippen MR) is 99.9 cm³/mol. The van der Waals surface area contributed by atoms with Gasteiger partial charge in [-0.05, 0) is 26.2 Å².